The van der Waals surface area contributed by atoms with E-state index in [0.717, 1.165) is 0 Å². The molecule has 0 unspecified atom stereocenters. The number of nitrogens with zero attached hydrogens (tertiary/aromatic N) is 1. The maximum Gasteiger partial charge on any atom is 0.271 e. The summed E-state index contributed by atoms with van der Waals surface area (Å²) >= 11 is 0. The second-order valence-electron chi connectivity index (χ2n) is 5.00. The Morgan fingerprint density at radius 1 is 1.08 bits per heavy atom. The third-order valence-corrected chi connectivity index (χ3v) is 3.26. The van der Waals surface area contributed by atoms with E-state index in [1.165, 1.54) is 20.4 Å². The van der Waals surface area contributed by atoms with Crippen LogP contribution in [0.5, 0.6) is 17.2 Å². The first-order valence-corrected chi connectivity index (χ1v) is 7.51. The number of benzene rings is 2. The first-order chi connectivity index (χ1) is 12.5. The van der Waals surface area contributed by atoms with E-state index in [1.54, 1.807) is 42.5 Å². The molecule has 2 aromatic carbocycles. The molecule has 2 aromatic rings. The first-order valence-electron chi connectivity index (χ1n) is 7.51. The lowest BCUT2D eigenvalue weighted by Gasteiger charge is -2.08. The van der Waals surface area contributed by atoms with Gasteiger partial charge in [-0.05, 0) is 48.0 Å². The second-order valence-corrected chi connectivity index (χ2v) is 5.00. The quantitative estimate of drug-likeness (QED) is 0.547. The molecule has 0 atom stereocenters. The van der Waals surface area contributed by atoms with Gasteiger partial charge in [0, 0.05) is 5.56 Å². The lowest BCUT2D eigenvalue weighted by atomic mass is 10.2. The number of hydrogen-bond donors (Lipinski definition) is 1. The molecule has 0 radical (unpaired) electrons. The van der Waals surface area contributed by atoms with Gasteiger partial charge in [0.2, 0.25) is 0 Å². The van der Waals surface area contributed by atoms with Gasteiger partial charge >= 0.3 is 0 Å². The van der Waals surface area contributed by atoms with Crippen molar-refractivity contribution in [1.82, 2.24) is 5.43 Å². The van der Waals surface area contributed by atoms with Gasteiger partial charge < -0.3 is 24.1 Å². The molecule has 1 N–H and O–H groups in total. The van der Waals surface area contributed by atoms with Crippen molar-refractivity contribution < 1.29 is 28.9 Å². The second kappa shape index (κ2) is 9.07. The van der Waals surface area contributed by atoms with E-state index in [0.29, 0.717) is 28.4 Å². The number of carbonyl (C=O) groups is 2. The van der Waals surface area contributed by atoms with Crippen LogP contribution in [0.4, 0.5) is 0 Å². The van der Waals surface area contributed by atoms with Crippen molar-refractivity contribution in [3.05, 3.63) is 53.6 Å². The van der Waals surface area contributed by atoms with Crippen LogP contribution in [0.1, 0.15) is 15.9 Å². The molecule has 2 rings (SSSR count). The van der Waals surface area contributed by atoms with Gasteiger partial charge in [-0.15, -0.1) is 0 Å². The van der Waals surface area contributed by atoms with Crippen molar-refractivity contribution in [3.8, 4) is 17.2 Å². The molecule has 0 fully saturated rings. The molecule has 0 saturated carbocycles. The van der Waals surface area contributed by atoms with Crippen molar-refractivity contribution >= 4 is 18.1 Å². The normalized spacial score (nSPS) is 10.4. The molecule has 8 heteroatoms. The minimum absolute atomic E-state index is 0.367. The number of carboxylic acid groups (broad SMARTS) is 1. The van der Waals surface area contributed by atoms with Crippen LogP contribution in [0.15, 0.2) is 47.6 Å². The summed E-state index contributed by atoms with van der Waals surface area (Å²) in [5, 5.41) is 14.2. The third-order valence-electron chi connectivity index (χ3n) is 3.26. The molecule has 0 aliphatic rings. The van der Waals surface area contributed by atoms with Crippen molar-refractivity contribution in [2.24, 2.45) is 5.10 Å². The van der Waals surface area contributed by atoms with Crippen LogP contribution in [-0.4, -0.2) is 38.9 Å². The first kappa shape index (κ1) is 18.8. The average molecular weight is 357 g/mol. The number of carboxylic acids is 1. The summed E-state index contributed by atoms with van der Waals surface area (Å²) in [4.78, 5) is 22.4. The highest BCUT2D eigenvalue weighted by Crippen LogP contribution is 2.27. The van der Waals surface area contributed by atoms with Crippen molar-refractivity contribution in [3.63, 3.8) is 0 Å². The van der Waals surface area contributed by atoms with Gasteiger partial charge in [0.25, 0.3) is 5.91 Å². The van der Waals surface area contributed by atoms with Gasteiger partial charge in [-0.2, -0.15) is 5.10 Å². The van der Waals surface area contributed by atoms with Gasteiger partial charge in [-0.25, -0.2) is 5.43 Å². The summed E-state index contributed by atoms with van der Waals surface area (Å²) in [6.07, 6.45) is 1.45. The van der Waals surface area contributed by atoms with Crippen LogP contribution in [0.2, 0.25) is 0 Å². The van der Waals surface area contributed by atoms with Crippen LogP contribution >= 0.6 is 0 Å². The lowest BCUT2D eigenvalue weighted by molar-refractivity contribution is -0.307. The number of nitrogens with one attached hydrogen (secondary N) is 1. The van der Waals surface area contributed by atoms with Gasteiger partial charge in [-0.1, -0.05) is 0 Å². The predicted octanol–water partition coefficient (Wildman–Crippen LogP) is 0.596. The van der Waals surface area contributed by atoms with Gasteiger partial charge in [-0.3, -0.25) is 4.79 Å². The van der Waals surface area contributed by atoms with E-state index in [-0.39, 0.29) is 0 Å². The SMILES string of the molecule is COc1ccc(C(=O)N/N=C\c2ccc(OCC(=O)[O-])cc2)cc1OC. The average Bonchev–Trinajstić information content (AvgIpc) is 2.66. The number of hydrogen-bond acceptors (Lipinski definition) is 7. The third kappa shape index (κ3) is 5.23. The summed E-state index contributed by atoms with van der Waals surface area (Å²) in [5.41, 5.74) is 3.47. The lowest BCUT2D eigenvalue weighted by Crippen LogP contribution is -2.28. The Balaban J connectivity index is 1.95. The van der Waals surface area contributed by atoms with Crippen molar-refractivity contribution in [2.75, 3.05) is 20.8 Å². The standard InChI is InChI=1S/C18H18N2O6/c1-24-15-8-5-13(9-16(15)25-2)18(23)20-19-10-12-3-6-14(7-4-12)26-11-17(21)22/h3-10H,11H2,1-2H3,(H,20,23)(H,21,22)/p-1/b19-10-. The maximum absolute atomic E-state index is 12.1. The van der Waals surface area contributed by atoms with Crippen LogP contribution in [-0.2, 0) is 4.79 Å². The Bertz CT molecular complexity index is 802. The number of rotatable bonds is 8. The fourth-order valence-corrected chi connectivity index (χ4v) is 2.00. The molecular weight excluding hydrogens is 340 g/mol. The summed E-state index contributed by atoms with van der Waals surface area (Å²) < 4.78 is 15.2. The Morgan fingerprint density at radius 3 is 2.38 bits per heavy atom. The molecule has 136 valence electrons. The number of amides is 1. The zero-order chi connectivity index (χ0) is 18.9. The molecule has 26 heavy (non-hydrogen) atoms. The van der Waals surface area contributed by atoms with Gasteiger partial charge in [0.15, 0.2) is 11.5 Å². The molecule has 0 saturated heterocycles. The van der Waals surface area contributed by atoms with Gasteiger partial charge in [0.05, 0.1) is 26.4 Å². The van der Waals surface area contributed by atoms with E-state index in [2.05, 4.69) is 10.5 Å². The topological polar surface area (TPSA) is 109 Å². The highest BCUT2D eigenvalue weighted by Gasteiger charge is 2.09. The van der Waals surface area contributed by atoms with Gasteiger partial charge in [0.1, 0.15) is 12.4 Å². The fraction of sp³-hybridized carbons (Fsp3) is 0.167. The molecule has 0 spiro atoms. The monoisotopic (exact) mass is 357 g/mol. The van der Waals surface area contributed by atoms with E-state index >= 15 is 0 Å². The number of hydrazone groups is 1. The molecule has 0 heterocycles. The van der Waals surface area contributed by atoms with E-state index in [9.17, 15) is 14.7 Å². The smallest absolute Gasteiger partial charge is 0.271 e. The number of methoxy groups -OCH3 is 2. The molecule has 1 amide bonds. The van der Waals surface area contributed by atoms with Crippen molar-refractivity contribution in [2.45, 2.75) is 0 Å². The summed E-state index contributed by atoms with van der Waals surface area (Å²) in [5.74, 6) is -0.352. The Labute approximate surface area is 150 Å². The summed E-state index contributed by atoms with van der Waals surface area (Å²) in [6, 6.07) is 11.3. The Morgan fingerprint density at radius 2 is 1.77 bits per heavy atom. The van der Waals surface area contributed by atoms with Crippen LogP contribution < -0.4 is 24.7 Å². The number of carbonyl (C=O) groups excluding carboxylic acids is 2. The minimum Gasteiger partial charge on any atom is -0.546 e. The number of aliphatic carboxylic acids is 1. The largest absolute Gasteiger partial charge is 0.546 e. The molecule has 0 bridgehead atoms. The van der Waals surface area contributed by atoms with Crippen LogP contribution in [0.25, 0.3) is 0 Å². The maximum atomic E-state index is 12.1. The summed E-state index contributed by atoms with van der Waals surface area (Å²) in [6.45, 7) is -0.519. The Kier molecular flexibility index (Phi) is 6.55. The summed E-state index contributed by atoms with van der Waals surface area (Å²) in [7, 11) is 2.99. The van der Waals surface area contributed by atoms with E-state index in [1.807, 2.05) is 0 Å². The highest BCUT2D eigenvalue weighted by molar-refractivity contribution is 5.95. The van der Waals surface area contributed by atoms with E-state index in [4.69, 9.17) is 14.2 Å². The molecule has 0 aliphatic carbocycles. The van der Waals surface area contributed by atoms with E-state index < -0.39 is 18.5 Å². The molecule has 0 aliphatic heterocycles. The van der Waals surface area contributed by atoms with Crippen LogP contribution in [0, 0.1) is 0 Å². The van der Waals surface area contributed by atoms with Crippen molar-refractivity contribution in [1.29, 1.82) is 0 Å². The predicted molar refractivity (Wildman–Crippen MR) is 91.6 cm³/mol. The zero-order valence-electron chi connectivity index (χ0n) is 14.2. The number of ether oxygens (including phenoxy) is 3. The van der Waals surface area contributed by atoms with Crippen LogP contribution in [0.3, 0.4) is 0 Å². The minimum atomic E-state index is -1.30. The molecule has 8 nitrogen and oxygen atoms in total. The molecule has 0 aromatic heterocycles. The zero-order valence-corrected chi connectivity index (χ0v) is 14.2. The highest BCUT2D eigenvalue weighted by atomic mass is 16.5. The molecular formula is C18H17N2O6-. The Hall–Kier alpha value is -3.55. The fourth-order valence-electron chi connectivity index (χ4n) is 2.00.